The minimum absolute atomic E-state index is 0.419. The third-order valence-electron chi connectivity index (χ3n) is 3.46. The first kappa shape index (κ1) is 17.9. The molecule has 21 heavy (non-hydrogen) atoms. The van der Waals surface area contributed by atoms with Crippen molar-refractivity contribution in [3.05, 3.63) is 35.7 Å². The van der Waals surface area contributed by atoms with Crippen LogP contribution in [0.3, 0.4) is 0 Å². The average Bonchev–Trinajstić information content (AvgIpc) is 2.43. The van der Waals surface area contributed by atoms with Gasteiger partial charge >= 0.3 is 0 Å². The highest BCUT2D eigenvalue weighted by Gasteiger charge is 2.13. The van der Waals surface area contributed by atoms with E-state index in [0.29, 0.717) is 6.61 Å². The van der Waals surface area contributed by atoms with Crippen LogP contribution in [0.1, 0.15) is 25.7 Å². The summed E-state index contributed by atoms with van der Waals surface area (Å²) in [6, 6.07) is 0. The van der Waals surface area contributed by atoms with Crippen molar-refractivity contribution in [3.63, 3.8) is 0 Å². The van der Waals surface area contributed by atoms with Crippen molar-refractivity contribution >= 4 is 9.84 Å². The Balaban J connectivity index is 2.30. The SMILES string of the molecule is C=C/C(=C(F)\C=C\OCCCC1CCNCC1)S(C)(=O)=O. The molecule has 1 heterocycles. The van der Waals surface area contributed by atoms with Gasteiger partial charge < -0.3 is 10.1 Å². The second-order valence-corrected chi connectivity index (χ2v) is 7.18. The Kier molecular flexibility index (Phi) is 7.67. The number of hydrogen-bond donors (Lipinski definition) is 1. The largest absolute Gasteiger partial charge is 0.501 e. The van der Waals surface area contributed by atoms with Crippen LogP contribution in [0.25, 0.3) is 0 Å². The number of ether oxygens (including phenoxy) is 1. The topological polar surface area (TPSA) is 55.4 Å². The number of hydrogen-bond acceptors (Lipinski definition) is 4. The van der Waals surface area contributed by atoms with Gasteiger partial charge in [-0.3, -0.25) is 0 Å². The molecule has 0 aromatic heterocycles. The van der Waals surface area contributed by atoms with Gasteiger partial charge in [0.2, 0.25) is 0 Å². The molecule has 1 fully saturated rings. The van der Waals surface area contributed by atoms with E-state index < -0.39 is 20.6 Å². The van der Waals surface area contributed by atoms with Crippen LogP contribution in [0.2, 0.25) is 0 Å². The van der Waals surface area contributed by atoms with Crippen LogP contribution >= 0.6 is 0 Å². The summed E-state index contributed by atoms with van der Waals surface area (Å²) in [6.45, 7) is 5.97. The predicted molar refractivity (Wildman–Crippen MR) is 83.1 cm³/mol. The average molecular weight is 317 g/mol. The fourth-order valence-corrected chi connectivity index (χ4v) is 3.03. The number of nitrogens with one attached hydrogen (secondary N) is 1. The number of sulfone groups is 1. The molecular weight excluding hydrogens is 293 g/mol. The van der Waals surface area contributed by atoms with Crippen LogP contribution in [0, 0.1) is 5.92 Å². The molecule has 0 unspecified atom stereocenters. The Morgan fingerprint density at radius 3 is 2.67 bits per heavy atom. The summed E-state index contributed by atoms with van der Waals surface area (Å²) in [4.78, 5) is -0.419. The van der Waals surface area contributed by atoms with Gasteiger partial charge in [0.05, 0.1) is 12.9 Å². The Morgan fingerprint density at radius 2 is 2.10 bits per heavy atom. The quantitative estimate of drug-likeness (QED) is 0.425. The smallest absolute Gasteiger partial charge is 0.178 e. The van der Waals surface area contributed by atoms with Gasteiger partial charge in [0.1, 0.15) is 10.7 Å². The van der Waals surface area contributed by atoms with E-state index >= 15 is 0 Å². The summed E-state index contributed by atoms with van der Waals surface area (Å²) in [7, 11) is -3.60. The minimum Gasteiger partial charge on any atom is -0.501 e. The van der Waals surface area contributed by atoms with Crippen LogP contribution in [-0.4, -0.2) is 34.4 Å². The van der Waals surface area contributed by atoms with Crippen LogP contribution in [0.5, 0.6) is 0 Å². The standard InChI is InChI=1S/C15H24FNO3S/c1-3-15(21(2,18)19)14(16)8-12-20-11-4-5-13-6-9-17-10-7-13/h3,8,12-13,17H,1,4-7,9-11H2,2H3/b12-8+,15-14-. The van der Waals surface area contributed by atoms with Crippen LogP contribution in [-0.2, 0) is 14.6 Å². The Morgan fingerprint density at radius 1 is 1.43 bits per heavy atom. The molecule has 4 nitrogen and oxygen atoms in total. The lowest BCUT2D eigenvalue weighted by molar-refractivity contribution is 0.224. The number of allylic oxidation sites excluding steroid dienone is 3. The van der Waals surface area contributed by atoms with Gasteiger partial charge in [0.15, 0.2) is 9.84 Å². The molecule has 0 saturated carbocycles. The summed E-state index contributed by atoms with van der Waals surface area (Å²) < 4.78 is 41.4. The maximum atomic E-state index is 13.6. The molecule has 0 aromatic carbocycles. The molecule has 1 rings (SSSR count). The van der Waals surface area contributed by atoms with E-state index in [4.69, 9.17) is 4.74 Å². The number of halogens is 1. The second kappa shape index (κ2) is 9.00. The first-order valence-electron chi connectivity index (χ1n) is 7.16. The van der Waals surface area contributed by atoms with E-state index in [-0.39, 0.29) is 0 Å². The lowest BCUT2D eigenvalue weighted by Gasteiger charge is -2.22. The molecular formula is C15H24FNO3S. The molecule has 0 radical (unpaired) electrons. The van der Waals surface area contributed by atoms with Crippen molar-refractivity contribution in [1.82, 2.24) is 5.32 Å². The zero-order valence-electron chi connectivity index (χ0n) is 12.5. The molecule has 1 saturated heterocycles. The summed E-state index contributed by atoms with van der Waals surface area (Å²) in [6.07, 6.45) is 8.57. The number of piperidine rings is 1. The summed E-state index contributed by atoms with van der Waals surface area (Å²) in [5, 5.41) is 3.32. The first-order valence-corrected chi connectivity index (χ1v) is 9.05. The minimum atomic E-state index is -3.60. The van der Waals surface area contributed by atoms with Gasteiger partial charge in [-0.05, 0) is 50.8 Å². The van der Waals surface area contributed by atoms with Crippen molar-refractivity contribution in [1.29, 1.82) is 0 Å². The van der Waals surface area contributed by atoms with Crippen molar-refractivity contribution in [2.24, 2.45) is 5.92 Å². The van der Waals surface area contributed by atoms with E-state index in [1.807, 2.05) is 0 Å². The molecule has 0 spiro atoms. The summed E-state index contributed by atoms with van der Waals surface area (Å²) in [5.41, 5.74) is 0. The van der Waals surface area contributed by atoms with Crippen molar-refractivity contribution in [2.45, 2.75) is 25.7 Å². The first-order chi connectivity index (χ1) is 9.95. The van der Waals surface area contributed by atoms with E-state index in [2.05, 4.69) is 11.9 Å². The molecule has 1 aliphatic heterocycles. The second-order valence-electron chi connectivity index (χ2n) is 5.20. The fraction of sp³-hybridized carbons (Fsp3) is 0.600. The highest BCUT2D eigenvalue weighted by Crippen LogP contribution is 2.18. The van der Waals surface area contributed by atoms with Crippen molar-refractivity contribution in [2.75, 3.05) is 26.0 Å². The van der Waals surface area contributed by atoms with E-state index in [9.17, 15) is 12.8 Å². The van der Waals surface area contributed by atoms with Gasteiger partial charge in [-0.15, -0.1) is 0 Å². The van der Waals surface area contributed by atoms with Gasteiger partial charge in [-0.2, -0.15) is 0 Å². The predicted octanol–water partition coefficient (Wildman–Crippen LogP) is 2.71. The zero-order valence-corrected chi connectivity index (χ0v) is 13.3. The van der Waals surface area contributed by atoms with Crippen LogP contribution in [0.4, 0.5) is 4.39 Å². The van der Waals surface area contributed by atoms with Gasteiger partial charge in [0, 0.05) is 12.3 Å². The molecule has 1 N–H and O–H groups in total. The maximum Gasteiger partial charge on any atom is 0.178 e. The third-order valence-corrected chi connectivity index (χ3v) is 4.62. The highest BCUT2D eigenvalue weighted by molar-refractivity contribution is 7.94. The molecule has 0 bridgehead atoms. The maximum absolute atomic E-state index is 13.6. The summed E-state index contributed by atoms with van der Waals surface area (Å²) >= 11 is 0. The molecule has 0 aromatic rings. The van der Waals surface area contributed by atoms with Crippen LogP contribution < -0.4 is 5.32 Å². The van der Waals surface area contributed by atoms with Crippen molar-refractivity contribution < 1.29 is 17.5 Å². The monoisotopic (exact) mass is 317 g/mol. The lowest BCUT2D eigenvalue weighted by atomic mass is 9.93. The highest BCUT2D eigenvalue weighted by atomic mass is 32.2. The third kappa shape index (κ3) is 6.91. The Labute approximate surface area is 126 Å². The van der Waals surface area contributed by atoms with E-state index in [0.717, 1.165) is 50.3 Å². The molecule has 6 heteroatoms. The normalized spacial score (nSPS) is 18.6. The molecule has 0 amide bonds. The zero-order chi connectivity index (χ0) is 15.7. The van der Waals surface area contributed by atoms with Gasteiger partial charge in [-0.25, -0.2) is 12.8 Å². The number of rotatable bonds is 8. The van der Waals surface area contributed by atoms with Gasteiger partial charge in [0.25, 0.3) is 0 Å². The van der Waals surface area contributed by atoms with Crippen molar-refractivity contribution in [3.8, 4) is 0 Å². The van der Waals surface area contributed by atoms with Crippen LogP contribution in [0.15, 0.2) is 35.7 Å². The van der Waals surface area contributed by atoms with Gasteiger partial charge in [-0.1, -0.05) is 6.58 Å². The molecule has 0 atom stereocenters. The lowest BCUT2D eigenvalue weighted by Crippen LogP contribution is -2.27. The van der Waals surface area contributed by atoms with E-state index in [1.54, 1.807) is 0 Å². The Hall–Kier alpha value is -1.14. The molecule has 120 valence electrons. The fourth-order valence-electron chi connectivity index (χ4n) is 2.31. The molecule has 1 aliphatic rings. The Bertz CT molecular complexity index is 491. The molecule has 0 aliphatic carbocycles. The van der Waals surface area contributed by atoms with E-state index in [1.165, 1.54) is 19.1 Å². The summed E-state index contributed by atoms with van der Waals surface area (Å²) in [5.74, 6) is -0.112.